The molecule has 2 rings (SSSR count). The maximum atomic E-state index is 13.0. The molecule has 0 heterocycles. The van der Waals surface area contributed by atoms with Gasteiger partial charge in [0.1, 0.15) is 11.8 Å². The van der Waals surface area contributed by atoms with Crippen LogP contribution in [0.15, 0.2) is 42.5 Å². The Morgan fingerprint density at radius 3 is 2.47 bits per heavy atom. The third-order valence-electron chi connectivity index (χ3n) is 4.96. The van der Waals surface area contributed by atoms with Gasteiger partial charge in [-0.25, -0.2) is 0 Å². The predicted molar refractivity (Wildman–Crippen MR) is 121 cm³/mol. The molecule has 5 nitrogen and oxygen atoms in total. The zero-order valence-electron chi connectivity index (χ0n) is 18.2. The van der Waals surface area contributed by atoms with Crippen molar-refractivity contribution in [3.8, 4) is 5.75 Å². The number of halogens is 1. The molecule has 1 N–H and O–H groups in total. The summed E-state index contributed by atoms with van der Waals surface area (Å²) < 4.78 is 5.69. The summed E-state index contributed by atoms with van der Waals surface area (Å²) >= 11 is 6.05. The Kier molecular flexibility index (Phi) is 9.18. The van der Waals surface area contributed by atoms with Gasteiger partial charge in [0.2, 0.25) is 5.91 Å². The number of carbonyl (C=O) groups is 2. The van der Waals surface area contributed by atoms with Crippen LogP contribution >= 0.6 is 11.6 Å². The Hall–Kier alpha value is -2.53. The Bertz CT molecular complexity index is 852. The van der Waals surface area contributed by atoms with E-state index in [-0.39, 0.29) is 18.4 Å². The van der Waals surface area contributed by atoms with Crippen LogP contribution in [0, 0.1) is 13.8 Å². The van der Waals surface area contributed by atoms with E-state index in [1.54, 1.807) is 30.0 Å². The molecule has 0 aromatic heterocycles. The molecule has 2 aromatic rings. The summed E-state index contributed by atoms with van der Waals surface area (Å²) in [4.78, 5) is 27.2. The number of hydrogen-bond donors (Lipinski definition) is 1. The highest BCUT2D eigenvalue weighted by Gasteiger charge is 2.26. The third kappa shape index (κ3) is 7.06. The molecule has 0 aliphatic rings. The maximum absolute atomic E-state index is 13.0. The molecule has 2 aromatic carbocycles. The molecule has 0 bridgehead atoms. The molecule has 0 aliphatic carbocycles. The van der Waals surface area contributed by atoms with Crippen LogP contribution in [0.4, 0.5) is 0 Å². The Morgan fingerprint density at radius 2 is 1.83 bits per heavy atom. The number of benzene rings is 2. The number of rotatable bonds is 10. The summed E-state index contributed by atoms with van der Waals surface area (Å²) in [5.41, 5.74) is 2.98. The number of hydrogen-bond acceptors (Lipinski definition) is 3. The van der Waals surface area contributed by atoms with Crippen LogP contribution in [-0.4, -0.2) is 35.9 Å². The Morgan fingerprint density at radius 1 is 1.13 bits per heavy atom. The summed E-state index contributed by atoms with van der Waals surface area (Å²) in [7, 11) is 0. The second-order valence-electron chi connectivity index (χ2n) is 7.53. The van der Waals surface area contributed by atoms with E-state index in [1.165, 1.54) is 0 Å². The molecule has 0 saturated carbocycles. The number of nitrogens with zero attached hydrogens (tertiary/aromatic N) is 1. The van der Waals surface area contributed by atoms with E-state index in [9.17, 15) is 9.59 Å². The van der Waals surface area contributed by atoms with Crippen molar-refractivity contribution in [3.05, 3.63) is 64.2 Å². The summed E-state index contributed by atoms with van der Waals surface area (Å²) in [5.74, 6) is 0.160. The van der Waals surface area contributed by atoms with E-state index in [0.29, 0.717) is 23.9 Å². The fourth-order valence-electron chi connectivity index (χ4n) is 2.94. The van der Waals surface area contributed by atoms with Gasteiger partial charge in [-0.15, -0.1) is 0 Å². The summed E-state index contributed by atoms with van der Waals surface area (Å²) in [6.45, 7) is 8.50. The lowest BCUT2D eigenvalue weighted by molar-refractivity contribution is -0.142. The van der Waals surface area contributed by atoms with Crippen molar-refractivity contribution < 1.29 is 14.3 Å². The van der Waals surface area contributed by atoms with E-state index in [1.807, 2.05) is 38.1 Å². The zero-order valence-corrected chi connectivity index (χ0v) is 19.0. The van der Waals surface area contributed by atoms with E-state index >= 15 is 0 Å². The first kappa shape index (κ1) is 23.7. The largest absolute Gasteiger partial charge is 0.484 e. The smallest absolute Gasteiger partial charge is 0.261 e. The number of carbonyl (C=O) groups excluding carboxylic acids is 2. The molecular weight excluding hydrogens is 400 g/mol. The standard InChI is InChI=1S/C24H31ClN2O3/c1-5-6-13-26-24(29)19(4)27(15-20-9-7-17(2)8-10-20)23(28)16-30-21-11-12-22(25)18(3)14-21/h7-12,14,19H,5-6,13,15-16H2,1-4H3,(H,26,29)/t19-/m0/s1. The first-order valence-corrected chi connectivity index (χ1v) is 10.7. The fraction of sp³-hybridized carbons (Fsp3) is 0.417. The maximum Gasteiger partial charge on any atom is 0.261 e. The number of unbranched alkanes of at least 4 members (excludes halogenated alkanes) is 1. The molecule has 6 heteroatoms. The lowest BCUT2D eigenvalue weighted by atomic mass is 10.1. The van der Waals surface area contributed by atoms with Crippen molar-refractivity contribution in [3.63, 3.8) is 0 Å². The highest BCUT2D eigenvalue weighted by molar-refractivity contribution is 6.31. The predicted octanol–water partition coefficient (Wildman–Crippen LogP) is 4.67. The van der Waals surface area contributed by atoms with Gasteiger partial charge in [0.15, 0.2) is 6.61 Å². The number of amides is 2. The van der Waals surface area contributed by atoms with Crippen LogP contribution in [0.2, 0.25) is 5.02 Å². The van der Waals surface area contributed by atoms with Crippen molar-refractivity contribution in [1.82, 2.24) is 10.2 Å². The first-order valence-electron chi connectivity index (χ1n) is 10.3. The second-order valence-corrected chi connectivity index (χ2v) is 7.93. The average molecular weight is 431 g/mol. The van der Waals surface area contributed by atoms with Gasteiger partial charge < -0.3 is 15.0 Å². The van der Waals surface area contributed by atoms with Gasteiger partial charge in [0.05, 0.1) is 0 Å². The quantitative estimate of drug-likeness (QED) is 0.557. The Balaban J connectivity index is 2.11. The Labute approximate surface area is 184 Å². The minimum atomic E-state index is -0.605. The van der Waals surface area contributed by atoms with Gasteiger partial charge >= 0.3 is 0 Å². The highest BCUT2D eigenvalue weighted by atomic mass is 35.5. The monoisotopic (exact) mass is 430 g/mol. The second kappa shape index (κ2) is 11.6. The van der Waals surface area contributed by atoms with Gasteiger partial charge in [-0.1, -0.05) is 54.8 Å². The lowest BCUT2D eigenvalue weighted by Crippen LogP contribution is -2.49. The minimum absolute atomic E-state index is 0.153. The van der Waals surface area contributed by atoms with E-state index in [4.69, 9.17) is 16.3 Å². The number of nitrogens with one attached hydrogen (secondary N) is 1. The van der Waals surface area contributed by atoms with E-state index < -0.39 is 6.04 Å². The van der Waals surface area contributed by atoms with Crippen LogP contribution in [0.1, 0.15) is 43.4 Å². The highest BCUT2D eigenvalue weighted by Crippen LogP contribution is 2.21. The van der Waals surface area contributed by atoms with Gasteiger partial charge in [-0.05, 0) is 56.5 Å². The SMILES string of the molecule is CCCCNC(=O)[C@H](C)N(Cc1ccc(C)cc1)C(=O)COc1ccc(Cl)c(C)c1. The van der Waals surface area contributed by atoms with Gasteiger partial charge in [-0.2, -0.15) is 0 Å². The van der Waals surface area contributed by atoms with Crippen LogP contribution in [-0.2, 0) is 16.1 Å². The molecule has 30 heavy (non-hydrogen) atoms. The van der Waals surface area contributed by atoms with Gasteiger partial charge in [0.25, 0.3) is 5.91 Å². The van der Waals surface area contributed by atoms with Crippen molar-refractivity contribution in [1.29, 1.82) is 0 Å². The molecule has 0 aliphatic heterocycles. The zero-order chi connectivity index (χ0) is 22.1. The van der Waals surface area contributed by atoms with Crippen LogP contribution in [0.5, 0.6) is 5.75 Å². The van der Waals surface area contributed by atoms with Crippen molar-refractivity contribution >= 4 is 23.4 Å². The molecule has 2 amide bonds. The lowest BCUT2D eigenvalue weighted by Gasteiger charge is -2.29. The molecule has 0 spiro atoms. The molecule has 0 fully saturated rings. The van der Waals surface area contributed by atoms with Gasteiger partial charge in [0, 0.05) is 18.1 Å². The summed E-state index contributed by atoms with van der Waals surface area (Å²) in [5, 5.41) is 3.56. The third-order valence-corrected chi connectivity index (χ3v) is 5.39. The van der Waals surface area contributed by atoms with Gasteiger partial charge in [-0.3, -0.25) is 9.59 Å². The van der Waals surface area contributed by atoms with Crippen molar-refractivity contribution in [2.75, 3.05) is 13.2 Å². The minimum Gasteiger partial charge on any atom is -0.484 e. The van der Waals surface area contributed by atoms with Crippen molar-refractivity contribution in [2.45, 2.75) is 53.1 Å². The molecule has 0 unspecified atom stereocenters. The van der Waals surface area contributed by atoms with Crippen LogP contribution in [0.25, 0.3) is 0 Å². The first-order chi connectivity index (χ1) is 14.3. The molecule has 1 atom stereocenters. The average Bonchev–Trinajstić information content (AvgIpc) is 2.73. The molecule has 0 saturated heterocycles. The van der Waals surface area contributed by atoms with Crippen molar-refractivity contribution in [2.24, 2.45) is 0 Å². The molecular formula is C24H31ClN2O3. The molecule has 162 valence electrons. The van der Waals surface area contributed by atoms with Crippen LogP contribution < -0.4 is 10.1 Å². The topological polar surface area (TPSA) is 58.6 Å². The summed E-state index contributed by atoms with van der Waals surface area (Å²) in [6.07, 6.45) is 1.90. The van der Waals surface area contributed by atoms with Crippen LogP contribution in [0.3, 0.4) is 0 Å². The summed E-state index contributed by atoms with van der Waals surface area (Å²) in [6, 6.07) is 12.6. The van der Waals surface area contributed by atoms with E-state index in [2.05, 4.69) is 12.2 Å². The normalized spacial score (nSPS) is 11.6. The number of aryl methyl sites for hydroxylation is 2. The molecule has 0 radical (unpaired) electrons. The van der Waals surface area contributed by atoms with E-state index in [0.717, 1.165) is 29.5 Å². The number of ether oxygens (including phenoxy) is 1. The fourth-order valence-corrected chi connectivity index (χ4v) is 3.06.